The van der Waals surface area contributed by atoms with Crippen molar-refractivity contribution < 1.29 is 0 Å². The summed E-state index contributed by atoms with van der Waals surface area (Å²) in [7, 11) is 0. The van der Waals surface area contributed by atoms with Crippen molar-refractivity contribution in [3.63, 3.8) is 0 Å². The van der Waals surface area contributed by atoms with E-state index in [1.807, 2.05) is 30.3 Å². The Morgan fingerprint density at radius 3 is 1.72 bits per heavy atom. The number of benzene rings is 9. The highest BCUT2D eigenvalue weighted by molar-refractivity contribution is 6.27. The highest BCUT2D eigenvalue weighted by Gasteiger charge is 2.19. The molecule has 0 radical (unpaired) electrons. The van der Waals surface area contributed by atoms with Crippen LogP contribution in [0, 0.1) is 0 Å². The highest BCUT2D eigenvalue weighted by Crippen LogP contribution is 2.46. The van der Waals surface area contributed by atoms with Crippen molar-refractivity contribution in [2.75, 3.05) is 0 Å². The normalized spacial score (nSPS) is 12.1. The van der Waals surface area contributed by atoms with Crippen LogP contribution in [0.25, 0.3) is 71.4 Å². The summed E-state index contributed by atoms with van der Waals surface area (Å²) in [5, 5.41) is 7.45. The minimum Gasteiger partial charge on any atom is -0.383 e. The molecule has 0 saturated heterocycles. The van der Waals surface area contributed by atoms with Crippen LogP contribution < -0.4 is 5.73 Å². The maximum absolute atomic E-state index is 6.67. The van der Waals surface area contributed by atoms with E-state index in [1.165, 1.54) is 65.7 Å². The molecule has 9 rings (SSSR count). The second kappa shape index (κ2) is 14.5. The molecule has 0 atom stereocenters. The molecule has 0 unspecified atom stereocenters. The molecule has 0 bridgehead atoms. The van der Waals surface area contributed by atoms with E-state index in [0.29, 0.717) is 12.3 Å². The summed E-state index contributed by atoms with van der Waals surface area (Å²) in [6, 6.07) is 71.0. The molecule has 0 saturated carbocycles. The summed E-state index contributed by atoms with van der Waals surface area (Å²) < 4.78 is 0. The van der Waals surface area contributed by atoms with Gasteiger partial charge in [0.1, 0.15) is 5.84 Å². The maximum Gasteiger partial charge on any atom is 0.131 e. The predicted molar refractivity (Wildman–Crippen MR) is 231 cm³/mol. The molecule has 0 heterocycles. The van der Waals surface area contributed by atoms with E-state index in [4.69, 9.17) is 10.7 Å². The van der Waals surface area contributed by atoms with Gasteiger partial charge in [0.15, 0.2) is 0 Å². The van der Waals surface area contributed by atoms with Crippen molar-refractivity contribution >= 4 is 43.9 Å². The Labute approximate surface area is 316 Å². The number of nitrogens with two attached hydrogens (primary N) is 1. The first kappa shape index (κ1) is 32.8. The van der Waals surface area contributed by atoms with Crippen molar-refractivity contribution in [1.29, 1.82) is 0 Å². The summed E-state index contributed by atoms with van der Waals surface area (Å²) in [5.74, 6) is 0.490. The lowest BCUT2D eigenvalue weighted by atomic mass is 9.84. The molecule has 2 heteroatoms. The Hall–Kier alpha value is -7.03. The van der Waals surface area contributed by atoms with E-state index >= 15 is 0 Å². The van der Waals surface area contributed by atoms with Crippen LogP contribution in [0.15, 0.2) is 211 Å². The molecule has 256 valence electrons. The average Bonchev–Trinajstić information content (AvgIpc) is 3.25. The van der Waals surface area contributed by atoms with Gasteiger partial charge in [-0.05, 0) is 83.2 Å². The molecule has 2 N–H and O–H groups in total. The van der Waals surface area contributed by atoms with Gasteiger partial charge in [-0.2, -0.15) is 0 Å². The van der Waals surface area contributed by atoms with E-state index in [-0.39, 0.29) is 0 Å². The van der Waals surface area contributed by atoms with Crippen LogP contribution in [-0.2, 0) is 6.42 Å². The Kier molecular flexibility index (Phi) is 8.84. The molecular formula is C52H38N2. The number of fused-ring (bicyclic) bond motifs is 4. The number of nitrogens with zero attached hydrogens (tertiary/aromatic N) is 1. The van der Waals surface area contributed by atoms with Crippen LogP contribution in [0.3, 0.4) is 0 Å². The van der Waals surface area contributed by atoms with Gasteiger partial charge in [0.05, 0.1) is 5.70 Å². The van der Waals surface area contributed by atoms with Crippen LogP contribution >= 0.6 is 0 Å². The lowest BCUT2D eigenvalue weighted by Crippen LogP contribution is -2.13. The molecule has 9 aromatic rings. The summed E-state index contributed by atoms with van der Waals surface area (Å²) >= 11 is 0. The number of aliphatic imine (C=N–C) groups is 1. The molecule has 0 aliphatic rings. The summed E-state index contributed by atoms with van der Waals surface area (Å²) in [5.41, 5.74) is 17.9. The lowest BCUT2D eigenvalue weighted by molar-refractivity contribution is 1.26. The smallest absolute Gasteiger partial charge is 0.131 e. The molecule has 9 aromatic carbocycles. The van der Waals surface area contributed by atoms with Crippen LogP contribution in [-0.4, -0.2) is 5.84 Å². The maximum atomic E-state index is 6.67. The second-order valence-electron chi connectivity index (χ2n) is 13.7. The van der Waals surface area contributed by atoms with Gasteiger partial charge in [0.25, 0.3) is 0 Å². The predicted octanol–water partition coefficient (Wildman–Crippen LogP) is 13.1. The summed E-state index contributed by atoms with van der Waals surface area (Å²) in [6.45, 7) is 0. The largest absolute Gasteiger partial charge is 0.383 e. The van der Waals surface area contributed by atoms with Crippen molar-refractivity contribution in [2.24, 2.45) is 10.7 Å². The summed E-state index contributed by atoms with van der Waals surface area (Å²) in [6.07, 6.45) is 2.91. The van der Waals surface area contributed by atoms with Gasteiger partial charge in [-0.3, -0.25) is 0 Å². The standard InChI is InChI=1S/C52H38N2/c53-52(42-21-8-3-9-22-42)54-48(34-27-36-15-14-23-43(35-36)37-16-4-1-5-17-37)39-28-30-41(31-29-39)50-46-26-13-12-25-45(46)49(40-19-6-2-7-20-40)47-33-32-38-18-10-11-24-44(38)51(47)50/h1-26,28-35H,27H2,(H2,53,54)/b48-34-. The molecule has 0 amide bonds. The minimum atomic E-state index is 0.490. The Morgan fingerprint density at radius 1 is 0.426 bits per heavy atom. The quantitative estimate of drug-likeness (QED) is 0.0733. The van der Waals surface area contributed by atoms with Crippen LogP contribution in [0.2, 0.25) is 0 Å². The first-order valence-corrected chi connectivity index (χ1v) is 18.5. The topological polar surface area (TPSA) is 38.4 Å². The minimum absolute atomic E-state index is 0.490. The van der Waals surface area contributed by atoms with Crippen molar-refractivity contribution in [3.05, 3.63) is 223 Å². The Bertz CT molecular complexity index is 2820. The molecule has 0 aliphatic carbocycles. The third kappa shape index (κ3) is 6.35. The van der Waals surface area contributed by atoms with Gasteiger partial charge in [0, 0.05) is 5.56 Å². The van der Waals surface area contributed by atoms with E-state index in [1.54, 1.807) is 0 Å². The SMILES string of the molecule is NC(=N/C(=C\Cc1cccc(-c2ccccc2)c1)c1ccc(-c2c3ccccc3c(-c3ccccc3)c3ccc4ccccc4c23)cc1)c1ccccc1. The van der Waals surface area contributed by atoms with E-state index in [9.17, 15) is 0 Å². The van der Waals surface area contributed by atoms with Crippen molar-refractivity contribution in [2.45, 2.75) is 6.42 Å². The highest BCUT2D eigenvalue weighted by atomic mass is 14.9. The summed E-state index contributed by atoms with van der Waals surface area (Å²) in [4.78, 5) is 5.06. The molecule has 0 spiro atoms. The lowest BCUT2D eigenvalue weighted by Gasteiger charge is -2.19. The molecule has 54 heavy (non-hydrogen) atoms. The van der Waals surface area contributed by atoms with Gasteiger partial charge in [0.2, 0.25) is 0 Å². The zero-order valence-corrected chi connectivity index (χ0v) is 29.9. The number of rotatable bonds is 8. The average molecular weight is 691 g/mol. The van der Waals surface area contributed by atoms with Crippen molar-refractivity contribution in [1.82, 2.24) is 0 Å². The number of hydrogen-bond acceptors (Lipinski definition) is 1. The molecular weight excluding hydrogens is 653 g/mol. The van der Waals surface area contributed by atoms with Gasteiger partial charge in [-0.1, -0.05) is 206 Å². The molecule has 0 aromatic heterocycles. The number of allylic oxidation sites excluding steroid dienone is 1. The van der Waals surface area contributed by atoms with Crippen LogP contribution in [0.4, 0.5) is 0 Å². The number of hydrogen-bond donors (Lipinski definition) is 1. The van der Waals surface area contributed by atoms with Gasteiger partial charge in [-0.25, -0.2) is 4.99 Å². The van der Waals surface area contributed by atoms with E-state index < -0.39 is 0 Å². The van der Waals surface area contributed by atoms with Gasteiger partial charge < -0.3 is 5.73 Å². The number of amidine groups is 1. The van der Waals surface area contributed by atoms with Crippen molar-refractivity contribution in [3.8, 4) is 33.4 Å². The van der Waals surface area contributed by atoms with E-state index in [2.05, 4.69) is 176 Å². The first-order chi connectivity index (χ1) is 26.7. The fraction of sp³-hybridized carbons (Fsp3) is 0.0192. The van der Waals surface area contributed by atoms with E-state index in [0.717, 1.165) is 22.4 Å². The Balaban J connectivity index is 1.19. The second-order valence-corrected chi connectivity index (χ2v) is 13.7. The fourth-order valence-corrected chi connectivity index (χ4v) is 7.73. The Morgan fingerprint density at radius 2 is 1.00 bits per heavy atom. The zero-order chi connectivity index (χ0) is 36.3. The van der Waals surface area contributed by atoms with Gasteiger partial charge in [-0.15, -0.1) is 0 Å². The third-order valence-electron chi connectivity index (χ3n) is 10.3. The third-order valence-corrected chi connectivity index (χ3v) is 10.3. The fourth-order valence-electron chi connectivity index (χ4n) is 7.73. The van der Waals surface area contributed by atoms with Gasteiger partial charge >= 0.3 is 0 Å². The molecule has 0 aliphatic heterocycles. The first-order valence-electron chi connectivity index (χ1n) is 18.5. The zero-order valence-electron chi connectivity index (χ0n) is 29.9. The van der Waals surface area contributed by atoms with Crippen LogP contribution in [0.1, 0.15) is 16.7 Å². The molecule has 0 fully saturated rings. The van der Waals surface area contributed by atoms with Crippen LogP contribution in [0.5, 0.6) is 0 Å². The molecule has 2 nitrogen and oxygen atoms in total. The monoisotopic (exact) mass is 690 g/mol.